The number of halogens is 2. The van der Waals surface area contributed by atoms with Gasteiger partial charge < -0.3 is 4.90 Å². The van der Waals surface area contributed by atoms with Crippen molar-refractivity contribution in [3.05, 3.63) is 45.9 Å². The lowest BCUT2D eigenvalue weighted by Crippen LogP contribution is -2.36. The summed E-state index contributed by atoms with van der Waals surface area (Å²) in [5.41, 5.74) is 0.0408. The number of piperidine rings is 1. The van der Waals surface area contributed by atoms with Crippen LogP contribution in [0, 0.1) is 11.6 Å². The molecule has 1 aromatic heterocycles. The van der Waals surface area contributed by atoms with Crippen molar-refractivity contribution in [3.63, 3.8) is 0 Å². The molecule has 1 fully saturated rings. The number of H-pyrrole nitrogens is 2. The van der Waals surface area contributed by atoms with E-state index in [-0.39, 0.29) is 23.2 Å². The van der Waals surface area contributed by atoms with Crippen molar-refractivity contribution < 1.29 is 13.6 Å². The second-order valence-electron chi connectivity index (χ2n) is 5.92. The van der Waals surface area contributed by atoms with E-state index in [1.807, 2.05) is 0 Å². The standard InChI is InChI=1S/C16H17F2N5O2/c1-9(24)23-6-4-10(5-7-23)14-15(16(25)22-20-14)21-19-13-3-2-11(17)8-12(13)18/h2-3,8,10H,4-7H2,1H3,(H2,20,22,25). The fourth-order valence-electron chi connectivity index (χ4n) is 2.91. The molecule has 3 rings (SSSR count). The van der Waals surface area contributed by atoms with Crippen LogP contribution in [0.5, 0.6) is 0 Å². The molecular formula is C16H17F2N5O2. The zero-order valence-electron chi connectivity index (χ0n) is 13.6. The molecule has 0 spiro atoms. The maximum atomic E-state index is 13.6. The fourth-order valence-corrected chi connectivity index (χ4v) is 2.91. The number of nitrogens with one attached hydrogen (secondary N) is 2. The molecule has 0 unspecified atom stereocenters. The fraction of sp³-hybridized carbons (Fsp3) is 0.375. The number of carbonyl (C=O) groups excluding carboxylic acids is 1. The third kappa shape index (κ3) is 3.65. The van der Waals surface area contributed by atoms with Gasteiger partial charge in [-0.3, -0.25) is 19.8 Å². The summed E-state index contributed by atoms with van der Waals surface area (Å²) in [6.07, 6.45) is 1.36. The molecule has 1 saturated heterocycles. The average Bonchev–Trinajstić information content (AvgIpc) is 2.95. The molecule has 0 bridgehead atoms. The van der Waals surface area contributed by atoms with Gasteiger partial charge in [-0.05, 0) is 25.0 Å². The van der Waals surface area contributed by atoms with Gasteiger partial charge in [0.05, 0.1) is 5.69 Å². The summed E-state index contributed by atoms with van der Waals surface area (Å²) in [5, 5.41) is 12.8. The first kappa shape index (κ1) is 17.0. The first-order valence-corrected chi connectivity index (χ1v) is 7.88. The van der Waals surface area contributed by atoms with E-state index in [1.165, 1.54) is 6.92 Å². The first-order chi connectivity index (χ1) is 12.0. The summed E-state index contributed by atoms with van der Waals surface area (Å²) in [4.78, 5) is 25.1. The maximum absolute atomic E-state index is 13.6. The summed E-state index contributed by atoms with van der Waals surface area (Å²) in [5.74, 6) is -1.53. The molecule has 9 heteroatoms. The summed E-state index contributed by atoms with van der Waals surface area (Å²) >= 11 is 0. The summed E-state index contributed by atoms with van der Waals surface area (Å²) < 4.78 is 26.5. The van der Waals surface area contributed by atoms with Crippen molar-refractivity contribution in [2.45, 2.75) is 25.7 Å². The number of amides is 1. The van der Waals surface area contributed by atoms with Crippen molar-refractivity contribution in [2.75, 3.05) is 13.1 Å². The SMILES string of the molecule is CC(=O)N1CCC(c2[nH][nH]c(=O)c2N=Nc2ccc(F)cc2F)CC1. The summed E-state index contributed by atoms with van der Waals surface area (Å²) in [6.45, 7) is 2.71. The van der Waals surface area contributed by atoms with Crippen molar-refractivity contribution >= 4 is 17.3 Å². The second kappa shape index (κ2) is 6.96. The molecule has 1 aromatic carbocycles. The number of aromatic amines is 2. The average molecular weight is 349 g/mol. The Labute approximate surface area is 141 Å². The molecular weight excluding hydrogens is 332 g/mol. The number of carbonyl (C=O) groups is 1. The topological polar surface area (TPSA) is 93.7 Å². The van der Waals surface area contributed by atoms with Gasteiger partial charge in [-0.1, -0.05) is 0 Å². The minimum Gasteiger partial charge on any atom is -0.343 e. The van der Waals surface area contributed by atoms with Gasteiger partial charge in [0.1, 0.15) is 11.5 Å². The molecule has 0 aliphatic carbocycles. The van der Waals surface area contributed by atoms with E-state index in [0.29, 0.717) is 37.7 Å². The Morgan fingerprint density at radius 3 is 2.56 bits per heavy atom. The Hall–Kier alpha value is -2.84. The van der Waals surface area contributed by atoms with E-state index >= 15 is 0 Å². The molecule has 2 heterocycles. The molecule has 1 aliphatic heterocycles. The number of nitrogens with zero attached hydrogens (tertiary/aromatic N) is 3. The normalized spacial score (nSPS) is 15.9. The Kier molecular flexibility index (Phi) is 4.73. The van der Waals surface area contributed by atoms with Gasteiger partial charge in [-0.15, -0.1) is 10.2 Å². The largest absolute Gasteiger partial charge is 0.343 e. The zero-order chi connectivity index (χ0) is 18.0. The number of hydrogen-bond donors (Lipinski definition) is 2. The molecule has 1 aliphatic rings. The Morgan fingerprint density at radius 1 is 1.20 bits per heavy atom. The molecule has 132 valence electrons. The Balaban J connectivity index is 1.82. The van der Waals surface area contributed by atoms with E-state index < -0.39 is 17.2 Å². The summed E-state index contributed by atoms with van der Waals surface area (Å²) in [7, 11) is 0. The number of likely N-dealkylation sites (tertiary alicyclic amines) is 1. The van der Waals surface area contributed by atoms with Crippen LogP contribution in [-0.2, 0) is 4.79 Å². The highest BCUT2D eigenvalue weighted by Crippen LogP contribution is 2.32. The minimum atomic E-state index is -0.855. The lowest BCUT2D eigenvalue weighted by Gasteiger charge is -2.30. The third-order valence-corrected chi connectivity index (χ3v) is 4.30. The van der Waals surface area contributed by atoms with Crippen molar-refractivity contribution in [1.29, 1.82) is 0 Å². The predicted molar refractivity (Wildman–Crippen MR) is 86.2 cm³/mol. The molecule has 2 aromatic rings. The molecule has 7 nitrogen and oxygen atoms in total. The van der Waals surface area contributed by atoms with Crippen LogP contribution in [0.3, 0.4) is 0 Å². The highest BCUT2D eigenvalue weighted by molar-refractivity contribution is 5.73. The molecule has 0 radical (unpaired) electrons. The lowest BCUT2D eigenvalue weighted by molar-refractivity contribution is -0.129. The van der Waals surface area contributed by atoms with Crippen LogP contribution in [0.25, 0.3) is 0 Å². The van der Waals surface area contributed by atoms with Gasteiger partial charge in [0, 0.05) is 32.0 Å². The van der Waals surface area contributed by atoms with Crippen LogP contribution in [0.4, 0.5) is 20.2 Å². The molecule has 25 heavy (non-hydrogen) atoms. The van der Waals surface area contributed by atoms with Gasteiger partial charge in [-0.25, -0.2) is 8.78 Å². The maximum Gasteiger partial charge on any atom is 0.291 e. The van der Waals surface area contributed by atoms with Crippen LogP contribution in [0.2, 0.25) is 0 Å². The van der Waals surface area contributed by atoms with E-state index in [4.69, 9.17) is 0 Å². The molecule has 0 atom stereocenters. The number of rotatable bonds is 3. The van der Waals surface area contributed by atoms with Gasteiger partial charge in [0.15, 0.2) is 11.5 Å². The van der Waals surface area contributed by atoms with Crippen LogP contribution in [0.1, 0.15) is 31.4 Å². The van der Waals surface area contributed by atoms with E-state index in [2.05, 4.69) is 20.4 Å². The van der Waals surface area contributed by atoms with E-state index in [1.54, 1.807) is 4.90 Å². The molecule has 1 amide bonds. The van der Waals surface area contributed by atoms with E-state index in [9.17, 15) is 18.4 Å². The predicted octanol–water partition coefficient (Wildman–Crippen LogP) is 3.12. The highest BCUT2D eigenvalue weighted by Gasteiger charge is 2.26. The van der Waals surface area contributed by atoms with Gasteiger partial charge in [0.25, 0.3) is 5.56 Å². The quantitative estimate of drug-likeness (QED) is 0.833. The third-order valence-electron chi connectivity index (χ3n) is 4.30. The minimum absolute atomic E-state index is 0.0153. The smallest absolute Gasteiger partial charge is 0.291 e. The van der Waals surface area contributed by atoms with Crippen LogP contribution in [-0.4, -0.2) is 34.1 Å². The molecule has 2 N–H and O–H groups in total. The second-order valence-corrected chi connectivity index (χ2v) is 5.92. The van der Waals surface area contributed by atoms with Crippen LogP contribution in [0.15, 0.2) is 33.2 Å². The zero-order valence-corrected chi connectivity index (χ0v) is 13.6. The Bertz CT molecular complexity index is 866. The van der Waals surface area contributed by atoms with Crippen molar-refractivity contribution in [1.82, 2.24) is 15.1 Å². The van der Waals surface area contributed by atoms with Gasteiger partial charge >= 0.3 is 0 Å². The number of aromatic nitrogens is 2. The molecule has 0 saturated carbocycles. The van der Waals surface area contributed by atoms with Crippen molar-refractivity contribution in [3.8, 4) is 0 Å². The number of benzene rings is 1. The highest BCUT2D eigenvalue weighted by atomic mass is 19.1. The summed E-state index contributed by atoms with van der Waals surface area (Å²) in [6, 6.07) is 2.92. The van der Waals surface area contributed by atoms with Gasteiger partial charge in [0.2, 0.25) is 5.91 Å². The monoisotopic (exact) mass is 349 g/mol. The Morgan fingerprint density at radius 2 is 1.92 bits per heavy atom. The van der Waals surface area contributed by atoms with Gasteiger partial charge in [-0.2, -0.15) is 0 Å². The first-order valence-electron chi connectivity index (χ1n) is 7.88. The van der Waals surface area contributed by atoms with E-state index in [0.717, 1.165) is 12.1 Å². The number of azo groups is 1. The van der Waals surface area contributed by atoms with Crippen LogP contribution >= 0.6 is 0 Å². The van der Waals surface area contributed by atoms with Crippen LogP contribution < -0.4 is 5.56 Å². The number of hydrogen-bond acceptors (Lipinski definition) is 4. The lowest BCUT2D eigenvalue weighted by atomic mass is 9.93. The van der Waals surface area contributed by atoms with Crippen molar-refractivity contribution in [2.24, 2.45) is 10.2 Å².